The normalized spacial score (nSPS) is 18.8. The number of carbonyl (C=O) groups is 1. The van der Waals surface area contributed by atoms with Gasteiger partial charge in [0.1, 0.15) is 0 Å². The smallest absolute Gasteiger partial charge is 0.337 e. The Balaban J connectivity index is 1.57. The van der Waals surface area contributed by atoms with Gasteiger partial charge in [0.05, 0.1) is 18.8 Å². The van der Waals surface area contributed by atoms with Gasteiger partial charge in [0.2, 0.25) is 0 Å². The molecule has 1 N–H and O–H groups in total. The van der Waals surface area contributed by atoms with Gasteiger partial charge in [0, 0.05) is 42.5 Å². The SMILES string of the molecule is CN(CCN1CCOCC1)Cc1ccccc1-c1sc2c(c1C(=O)O)CC(C)(C)CC2. The van der Waals surface area contributed by atoms with E-state index < -0.39 is 5.97 Å². The summed E-state index contributed by atoms with van der Waals surface area (Å²) in [6.45, 7) is 11.0. The molecule has 6 heteroatoms. The number of nitrogens with zero attached hydrogens (tertiary/aromatic N) is 2. The van der Waals surface area contributed by atoms with E-state index in [1.807, 2.05) is 6.07 Å². The van der Waals surface area contributed by atoms with Gasteiger partial charge in [-0.1, -0.05) is 38.1 Å². The van der Waals surface area contributed by atoms with Gasteiger partial charge in [-0.2, -0.15) is 0 Å². The van der Waals surface area contributed by atoms with E-state index in [9.17, 15) is 9.90 Å². The molecule has 5 nitrogen and oxygen atoms in total. The molecule has 0 radical (unpaired) electrons. The van der Waals surface area contributed by atoms with E-state index in [0.717, 1.165) is 81.2 Å². The summed E-state index contributed by atoms with van der Waals surface area (Å²) >= 11 is 1.70. The van der Waals surface area contributed by atoms with Crippen LogP contribution in [0, 0.1) is 5.41 Å². The minimum atomic E-state index is -0.791. The summed E-state index contributed by atoms with van der Waals surface area (Å²) < 4.78 is 5.44. The van der Waals surface area contributed by atoms with Crippen LogP contribution < -0.4 is 0 Å². The Morgan fingerprint density at radius 3 is 2.74 bits per heavy atom. The van der Waals surface area contributed by atoms with Crippen molar-refractivity contribution in [1.82, 2.24) is 9.80 Å². The molecule has 0 atom stereocenters. The molecule has 168 valence electrons. The second kappa shape index (κ2) is 9.41. The lowest BCUT2D eigenvalue weighted by molar-refractivity contribution is 0.0342. The quantitative estimate of drug-likeness (QED) is 0.689. The molecule has 0 unspecified atom stereocenters. The zero-order valence-electron chi connectivity index (χ0n) is 18.9. The summed E-state index contributed by atoms with van der Waals surface area (Å²) in [6.07, 6.45) is 2.95. The van der Waals surface area contributed by atoms with Crippen molar-refractivity contribution in [3.63, 3.8) is 0 Å². The molecule has 0 bridgehead atoms. The zero-order chi connectivity index (χ0) is 22.0. The van der Waals surface area contributed by atoms with Crippen molar-refractivity contribution in [3.05, 3.63) is 45.8 Å². The number of benzene rings is 1. The number of rotatable bonds is 7. The van der Waals surface area contributed by atoms with Gasteiger partial charge in [-0.3, -0.25) is 4.90 Å². The lowest BCUT2D eigenvalue weighted by Crippen LogP contribution is -2.40. The van der Waals surface area contributed by atoms with Crippen LogP contribution in [0.15, 0.2) is 24.3 Å². The topological polar surface area (TPSA) is 53.0 Å². The molecule has 2 aliphatic rings. The molecule has 1 fully saturated rings. The first-order chi connectivity index (χ1) is 14.8. The van der Waals surface area contributed by atoms with E-state index in [2.05, 4.69) is 48.9 Å². The van der Waals surface area contributed by atoms with Gasteiger partial charge < -0.3 is 14.7 Å². The number of carboxylic acids is 1. The Morgan fingerprint density at radius 1 is 1.26 bits per heavy atom. The van der Waals surface area contributed by atoms with Crippen molar-refractivity contribution in [3.8, 4) is 10.4 Å². The third kappa shape index (κ3) is 5.20. The first kappa shape index (κ1) is 22.5. The highest BCUT2D eigenvalue weighted by molar-refractivity contribution is 7.16. The van der Waals surface area contributed by atoms with Crippen LogP contribution in [-0.2, 0) is 24.1 Å². The number of aryl methyl sites for hydroxylation is 1. The Kier molecular flexibility index (Phi) is 6.82. The monoisotopic (exact) mass is 442 g/mol. The molecule has 31 heavy (non-hydrogen) atoms. The summed E-state index contributed by atoms with van der Waals surface area (Å²) in [5, 5.41) is 10.1. The number of fused-ring (bicyclic) bond motifs is 1. The number of ether oxygens (including phenoxy) is 1. The van der Waals surface area contributed by atoms with E-state index in [-0.39, 0.29) is 5.41 Å². The standard InChI is InChI=1S/C25H34N2O3S/c1-25(2)9-8-21-20(16-25)22(24(28)29)23(31-21)19-7-5-4-6-18(19)17-26(3)10-11-27-12-14-30-15-13-27/h4-7H,8-17H2,1-3H3,(H,28,29). The van der Waals surface area contributed by atoms with Crippen molar-refractivity contribution >= 4 is 17.3 Å². The van der Waals surface area contributed by atoms with Crippen LogP contribution >= 0.6 is 11.3 Å². The molecule has 1 aliphatic heterocycles. The Hall–Kier alpha value is -1.73. The number of aromatic carboxylic acids is 1. The maximum absolute atomic E-state index is 12.3. The number of hydrogen-bond donors (Lipinski definition) is 1. The molecule has 1 aliphatic carbocycles. The predicted molar refractivity (Wildman–Crippen MR) is 126 cm³/mol. The van der Waals surface area contributed by atoms with Gasteiger partial charge in [-0.05, 0) is 48.4 Å². The van der Waals surface area contributed by atoms with Crippen LogP contribution in [0.5, 0.6) is 0 Å². The molecule has 1 aromatic carbocycles. The minimum absolute atomic E-state index is 0.161. The molecular weight excluding hydrogens is 408 g/mol. The van der Waals surface area contributed by atoms with Gasteiger partial charge in [-0.15, -0.1) is 11.3 Å². The molecule has 1 aromatic heterocycles. The van der Waals surface area contributed by atoms with Crippen LogP contribution in [0.1, 0.15) is 46.6 Å². The van der Waals surface area contributed by atoms with Gasteiger partial charge in [0.25, 0.3) is 0 Å². The number of hydrogen-bond acceptors (Lipinski definition) is 5. The van der Waals surface area contributed by atoms with Gasteiger partial charge >= 0.3 is 5.97 Å². The Bertz CT molecular complexity index is 931. The fourth-order valence-corrected chi connectivity index (χ4v) is 6.09. The van der Waals surface area contributed by atoms with E-state index in [4.69, 9.17) is 4.74 Å². The lowest BCUT2D eigenvalue weighted by atomic mass is 9.76. The van der Waals surface area contributed by atoms with E-state index in [0.29, 0.717) is 5.56 Å². The average molecular weight is 443 g/mol. The molecule has 2 aromatic rings. The van der Waals surface area contributed by atoms with E-state index in [1.54, 1.807) is 11.3 Å². The maximum Gasteiger partial charge on any atom is 0.337 e. The summed E-state index contributed by atoms with van der Waals surface area (Å²) in [7, 11) is 2.15. The van der Waals surface area contributed by atoms with Crippen molar-refractivity contribution in [2.24, 2.45) is 5.41 Å². The van der Waals surface area contributed by atoms with E-state index in [1.165, 1.54) is 10.4 Å². The lowest BCUT2D eigenvalue weighted by Gasteiger charge is -2.29. The highest BCUT2D eigenvalue weighted by Gasteiger charge is 2.33. The first-order valence-corrected chi connectivity index (χ1v) is 12.1. The Labute approximate surface area is 189 Å². The second-order valence-electron chi connectivity index (χ2n) is 9.70. The maximum atomic E-state index is 12.3. The minimum Gasteiger partial charge on any atom is -0.478 e. The van der Waals surface area contributed by atoms with Crippen molar-refractivity contribution < 1.29 is 14.6 Å². The average Bonchev–Trinajstić information content (AvgIpc) is 3.11. The molecule has 0 spiro atoms. The molecule has 0 saturated carbocycles. The molecule has 0 amide bonds. The van der Waals surface area contributed by atoms with E-state index >= 15 is 0 Å². The number of carboxylic acid groups (broad SMARTS) is 1. The highest BCUT2D eigenvalue weighted by Crippen LogP contribution is 2.45. The number of morpholine rings is 1. The predicted octanol–water partition coefficient (Wildman–Crippen LogP) is 4.39. The van der Waals surface area contributed by atoms with Crippen molar-refractivity contribution in [2.75, 3.05) is 46.4 Å². The summed E-state index contributed by atoms with van der Waals surface area (Å²) in [4.78, 5) is 19.3. The number of thiophene rings is 1. The molecular formula is C25H34N2O3S. The van der Waals surface area contributed by atoms with Gasteiger partial charge in [-0.25, -0.2) is 4.79 Å². The van der Waals surface area contributed by atoms with Gasteiger partial charge in [0.15, 0.2) is 0 Å². The first-order valence-electron chi connectivity index (χ1n) is 11.3. The fraction of sp³-hybridized carbons (Fsp3) is 0.560. The van der Waals surface area contributed by atoms with Crippen molar-refractivity contribution in [1.29, 1.82) is 0 Å². The summed E-state index contributed by atoms with van der Waals surface area (Å²) in [5.74, 6) is -0.791. The third-order valence-corrected chi connectivity index (χ3v) is 7.92. The van der Waals surface area contributed by atoms with Crippen LogP contribution in [0.3, 0.4) is 0 Å². The molecule has 1 saturated heterocycles. The largest absolute Gasteiger partial charge is 0.478 e. The summed E-state index contributed by atoms with van der Waals surface area (Å²) in [6, 6.07) is 8.33. The van der Waals surface area contributed by atoms with Crippen LogP contribution in [0.4, 0.5) is 0 Å². The van der Waals surface area contributed by atoms with Crippen LogP contribution in [0.25, 0.3) is 10.4 Å². The third-order valence-electron chi connectivity index (χ3n) is 6.59. The number of likely N-dealkylation sites (N-methyl/N-ethyl adjacent to an activating group) is 1. The molecule has 2 heterocycles. The Morgan fingerprint density at radius 2 is 2.00 bits per heavy atom. The van der Waals surface area contributed by atoms with Crippen LogP contribution in [-0.4, -0.2) is 67.3 Å². The van der Waals surface area contributed by atoms with Crippen LogP contribution in [0.2, 0.25) is 0 Å². The van der Waals surface area contributed by atoms with Crippen molar-refractivity contribution in [2.45, 2.75) is 39.7 Å². The zero-order valence-corrected chi connectivity index (χ0v) is 19.8. The highest BCUT2D eigenvalue weighted by atomic mass is 32.1. The fourth-order valence-electron chi connectivity index (χ4n) is 4.72. The second-order valence-corrected chi connectivity index (χ2v) is 10.8. The molecule has 4 rings (SSSR count). The summed E-state index contributed by atoms with van der Waals surface area (Å²) in [5.41, 5.74) is 4.05.